The number of azo groups is 1. The summed E-state index contributed by atoms with van der Waals surface area (Å²) in [6.07, 6.45) is 0. The number of aromatic amines is 1. The topological polar surface area (TPSA) is 141 Å². The van der Waals surface area contributed by atoms with E-state index in [9.17, 15) is 5.11 Å². The summed E-state index contributed by atoms with van der Waals surface area (Å²) in [5, 5.41) is 43.3. The third-order valence-corrected chi connectivity index (χ3v) is 2.12. The van der Waals surface area contributed by atoms with Gasteiger partial charge < -0.3 is 15.2 Å². The molecule has 0 aliphatic rings. The Balaban J connectivity index is 2.31. The number of H-pyrrole nitrogens is 1. The fraction of sp³-hybridized carbons (Fsp3) is 0. The van der Waals surface area contributed by atoms with Crippen molar-refractivity contribution in [3.8, 4) is 23.6 Å². The van der Waals surface area contributed by atoms with E-state index in [2.05, 4.69) is 20.2 Å². The first-order valence-corrected chi connectivity index (χ1v) is 4.98. The van der Waals surface area contributed by atoms with Crippen LogP contribution in [-0.2, 0) is 0 Å². The molecular weight excluding hydrogens is 248 g/mol. The maximum atomic E-state index is 9.47. The average molecular weight is 254 g/mol. The van der Waals surface area contributed by atoms with Crippen LogP contribution in [0.25, 0.3) is 0 Å². The molecule has 19 heavy (non-hydrogen) atoms. The lowest BCUT2D eigenvalue weighted by Crippen LogP contribution is -1.77. The summed E-state index contributed by atoms with van der Waals surface area (Å²) in [7, 11) is 0. The number of phenols is 2. The third-order valence-electron chi connectivity index (χ3n) is 2.12. The van der Waals surface area contributed by atoms with Crippen molar-refractivity contribution < 1.29 is 10.2 Å². The Kier molecular flexibility index (Phi) is 3.09. The summed E-state index contributed by atoms with van der Waals surface area (Å²) in [5.74, 6) is -0.384. The minimum atomic E-state index is -0.253. The molecule has 0 radical (unpaired) electrons. The van der Waals surface area contributed by atoms with Crippen LogP contribution in [0.15, 0.2) is 28.4 Å². The molecule has 0 fully saturated rings. The number of hydrogen-bond acceptors (Lipinski definition) is 7. The van der Waals surface area contributed by atoms with Crippen molar-refractivity contribution in [1.82, 2.24) is 9.97 Å². The van der Waals surface area contributed by atoms with Crippen molar-refractivity contribution in [3.05, 3.63) is 29.6 Å². The predicted molar refractivity (Wildman–Crippen MR) is 62.0 cm³/mol. The molecule has 0 atom stereocenters. The van der Waals surface area contributed by atoms with Crippen LogP contribution in [0, 0.1) is 22.7 Å². The Morgan fingerprint density at radius 1 is 1.16 bits per heavy atom. The summed E-state index contributed by atoms with van der Waals surface area (Å²) in [4.78, 5) is 6.23. The van der Waals surface area contributed by atoms with E-state index in [-0.39, 0.29) is 34.5 Å². The first-order chi connectivity index (χ1) is 9.13. The van der Waals surface area contributed by atoms with E-state index >= 15 is 0 Å². The lowest BCUT2D eigenvalue weighted by atomic mass is 10.3. The molecule has 92 valence electrons. The minimum absolute atomic E-state index is 0.00798. The molecule has 2 rings (SSSR count). The van der Waals surface area contributed by atoms with Gasteiger partial charge in [0, 0.05) is 6.07 Å². The van der Waals surface area contributed by atoms with Crippen molar-refractivity contribution in [2.75, 3.05) is 0 Å². The Bertz CT molecular complexity index is 703. The van der Waals surface area contributed by atoms with Crippen molar-refractivity contribution in [2.24, 2.45) is 10.2 Å². The molecule has 8 heteroatoms. The highest BCUT2D eigenvalue weighted by Crippen LogP contribution is 2.30. The average Bonchev–Trinajstić information content (AvgIpc) is 2.80. The van der Waals surface area contributed by atoms with Gasteiger partial charge in [-0.15, -0.1) is 10.2 Å². The summed E-state index contributed by atoms with van der Waals surface area (Å²) < 4.78 is 0. The van der Waals surface area contributed by atoms with Gasteiger partial charge in [0.25, 0.3) is 0 Å². The Hall–Kier alpha value is -3.39. The van der Waals surface area contributed by atoms with Gasteiger partial charge in [-0.1, -0.05) is 0 Å². The van der Waals surface area contributed by atoms with Gasteiger partial charge in [-0.25, -0.2) is 0 Å². The Labute approximate surface area is 106 Å². The second kappa shape index (κ2) is 4.85. The number of aromatic hydroxyl groups is 2. The first kappa shape index (κ1) is 12.1. The lowest BCUT2D eigenvalue weighted by molar-refractivity contribution is 0.451. The molecule has 0 amide bonds. The largest absolute Gasteiger partial charge is 0.508 e. The van der Waals surface area contributed by atoms with E-state index in [1.807, 2.05) is 0 Å². The number of benzene rings is 1. The Morgan fingerprint density at radius 2 is 1.95 bits per heavy atom. The summed E-state index contributed by atoms with van der Waals surface area (Å²) >= 11 is 0. The third kappa shape index (κ3) is 2.48. The molecule has 3 N–H and O–H groups in total. The number of nitrogens with zero attached hydrogens (tertiary/aromatic N) is 5. The van der Waals surface area contributed by atoms with Gasteiger partial charge in [0.2, 0.25) is 5.95 Å². The van der Waals surface area contributed by atoms with Crippen LogP contribution in [0.3, 0.4) is 0 Å². The van der Waals surface area contributed by atoms with Crippen LogP contribution in [0.2, 0.25) is 0 Å². The van der Waals surface area contributed by atoms with Gasteiger partial charge in [0.05, 0.1) is 0 Å². The number of nitrogens with one attached hydrogen (secondary N) is 1. The van der Waals surface area contributed by atoms with Crippen molar-refractivity contribution in [3.63, 3.8) is 0 Å². The highest BCUT2D eigenvalue weighted by Gasteiger charge is 2.08. The Morgan fingerprint density at radius 3 is 2.53 bits per heavy atom. The number of nitriles is 2. The van der Waals surface area contributed by atoms with Gasteiger partial charge in [-0.05, 0) is 12.1 Å². The quantitative estimate of drug-likeness (QED) is 0.702. The second-order valence-electron chi connectivity index (χ2n) is 3.38. The molecule has 1 heterocycles. The molecule has 8 nitrogen and oxygen atoms in total. The van der Waals surface area contributed by atoms with Crippen molar-refractivity contribution >= 4 is 11.6 Å². The first-order valence-electron chi connectivity index (χ1n) is 4.98. The molecule has 0 aliphatic heterocycles. The SMILES string of the molecule is N#Cc1nc(N=Nc2ccc(O)cc2O)[nH]c1C#N. The highest BCUT2D eigenvalue weighted by atomic mass is 16.3. The zero-order chi connectivity index (χ0) is 13.8. The number of hydrogen-bond donors (Lipinski definition) is 3. The molecule has 0 bridgehead atoms. The normalized spacial score (nSPS) is 10.2. The number of aromatic nitrogens is 2. The highest BCUT2D eigenvalue weighted by molar-refractivity contribution is 5.53. The summed E-state index contributed by atoms with van der Waals surface area (Å²) in [5.41, 5.74) is 0.0315. The van der Waals surface area contributed by atoms with E-state index in [0.717, 1.165) is 6.07 Å². The van der Waals surface area contributed by atoms with Crippen LogP contribution >= 0.6 is 0 Å². The van der Waals surface area contributed by atoms with E-state index in [1.54, 1.807) is 12.1 Å². The van der Waals surface area contributed by atoms with Crippen LogP contribution in [-0.4, -0.2) is 20.2 Å². The standard InChI is InChI=1S/C11H6N6O2/c12-4-8-9(5-13)15-11(14-8)17-16-7-2-1-6(18)3-10(7)19/h1-3,18-19H,(H,14,15). The monoisotopic (exact) mass is 254 g/mol. The fourth-order valence-electron chi connectivity index (χ4n) is 1.27. The molecule has 0 saturated heterocycles. The zero-order valence-corrected chi connectivity index (χ0v) is 9.36. The van der Waals surface area contributed by atoms with Crippen LogP contribution in [0.4, 0.5) is 11.6 Å². The maximum absolute atomic E-state index is 9.47. The molecule has 1 aromatic heterocycles. The maximum Gasteiger partial charge on any atom is 0.249 e. The lowest BCUT2D eigenvalue weighted by Gasteiger charge is -1.96. The number of phenolic OH excluding ortho intramolecular Hbond substituents is 2. The van der Waals surface area contributed by atoms with Crippen molar-refractivity contribution in [2.45, 2.75) is 0 Å². The molecule has 0 aliphatic carbocycles. The smallest absolute Gasteiger partial charge is 0.249 e. The van der Waals surface area contributed by atoms with Crippen LogP contribution in [0.5, 0.6) is 11.5 Å². The molecule has 1 aromatic carbocycles. The summed E-state index contributed by atoms with van der Waals surface area (Å²) in [6, 6.07) is 7.29. The fourth-order valence-corrected chi connectivity index (χ4v) is 1.27. The predicted octanol–water partition coefficient (Wildman–Crippen LogP) is 1.98. The van der Waals surface area contributed by atoms with Crippen molar-refractivity contribution in [1.29, 1.82) is 10.5 Å². The van der Waals surface area contributed by atoms with Gasteiger partial charge in [0.15, 0.2) is 11.4 Å². The van der Waals surface area contributed by atoms with Gasteiger partial charge in [0.1, 0.15) is 29.3 Å². The zero-order valence-electron chi connectivity index (χ0n) is 9.36. The van der Waals surface area contributed by atoms with E-state index in [4.69, 9.17) is 15.6 Å². The number of rotatable bonds is 2. The minimum Gasteiger partial charge on any atom is -0.508 e. The van der Waals surface area contributed by atoms with Gasteiger partial charge in [-0.2, -0.15) is 15.5 Å². The molecule has 0 saturated carbocycles. The molecule has 0 unspecified atom stereocenters. The van der Waals surface area contributed by atoms with Crippen LogP contribution in [0.1, 0.15) is 11.4 Å². The van der Waals surface area contributed by atoms with E-state index < -0.39 is 0 Å². The van der Waals surface area contributed by atoms with Gasteiger partial charge >= 0.3 is 0 Å². The molecule has 0 spiro atoms. The van der Waals surface area contributed by atoms with E-state index in [0.29, 0.717) is 0 Å². The number of imidazole rings is 1. The van der Waals surface area contributed by atoms with Crippen LogP contribution < -0.4 is 0 Å². The summed E-state index contributed by atoms with van der Waals surface area (Å²) in [6.45, 7) is 0. The van der Waals surface area contributed by atoms with Gasteiger partial charge in [-0.3, -0.25) is 0 Å². The molecular formula is C11H6N6O2. The second-order valence-corrected chi connectivity index (χ2v) is 3.38. The van der Waals surface area contributed by atoms with E-state index in [1.165, 1.54) is 12.1 Å². The molecule has 2 aromatic rings.